The molecule has 0 bridgehead atoms. The molecule has 0 aromatic heterocycles. The molecule has 0 heterocycles. The van der Waals surface area contributed by atoms with Gasteiger partial charge < -0.3 is 20.3 Å². The normalized spacial score (nSPS) is 12.2. The van der Waals surface area contributed by atoms with Gasteiger partial charge >= 0.3 is 5.97 Å². The van der Waals surface area contributed by atoms with E-state index in [1.165, 1.54) is 11.1 Å². The first-order valence-electron chi connectivity index (χ1n) is 9.90. The third-order valence-corrected chi connectivity index (χ3v) is 4.54. The second-order valence-corrected chi connectivity index (χ2v) is 6.83. The van der Waals surface area contributed by atoms with E-state index in [0.717, 1.165) is 18.7 Å². The molecule has 2 atom stereocenters. The number of carbonyl (C=O) groups is 1. The highest BCUT2D eigenvalue weighted by Gasteiger charge is 2.14. The fourth-order valence-corrected chi connectivity index (χ4v) is 2.86. The van der Waals surface area contributed by atoms with Crippen LogP contribution in [0.3, 0.4) is 0 Å². The number of carboxylic acids is 1. The van der Waals surface area contributed by atoms with E-state index in [1.54, 1.807) is 30.3 Å². The number of para-hydroxylation sites is 1. The molecule has 0 aliphatic rings. The SMILES string of the molecule is CNCC[C@@H](Oc1ccccc1C)c1ccccc1.O=C(O)C(O)c1ccccc1. The molecule has 3 aromatic carbocycles. The quantitative estimate of drug-likeness (QED) is 0.511. The van der Waals surface area contributed by atoms with Gasteiger partial charge in [-0.3, -0.25) is 0 Å². The molecule has 0 saturated carbocycles. The molecule has 3 N–H and O–H groups in total. The minimum absolute atomic E-state index is 0.0924. The average molecular weight is 408 g/mol. The van der Waals surface area contributed by atoms with Crippen molar-refractivity contribution in [2.75, 3.05) is 13.6 Å². The molecule has 5 heteroatoms. The lowest BCUT2D eigenvalue weighted by Crippen LogP contribution is -2.16. The average Bonchev–Trinajstić information content (AvgIpc) is 2.79. The Hall–Kier alpha value is -3.15. The third kappa shape index (κ3) is 7.35. The van der Waals surface area contributed by atoms with Gasteiger partial charge in [0.05, 0.1) is 0 Å². The Morgan fingerprint density at radius 2 is 1.43 bits per heavy atom. The third-order valence-electron chi connectivity index (χ3n) is 4.54. The van der Waals surface area contributed by atoms with Crippen molar-refractivity contribution in [3.63, 3.8) is 0 Å². The monoisotopic (exact) mass is 407 g/mol. The number of aliphatic hydroxyl groups is 1. The zero-order valence-corrected chi connectivity index (χ0v) is 17.4. The Labute approximate surface area is 178 Å². The van der Waals surface area contributed by atoms with Gasteiger partial charge in [-0.15, -0.1) is 0 Å². The molecule has 0 amide bonds. The highest BCUT2D eigenvalue weighted by Crippen LogP contribution is 2.26. The molecule has 3 rings (SSSR count). The highest BCUT2D eigenvalue weighted by molar-refractivity contribution is 5.73. The van der Waals surface area contributed by atoms with Crippen LogP contribution in [0, 0.1) is 6.92 Å². The Balaban J connectivity index is 0.000000248. The fourth-order valence-electron chi connectivity index (χ4n) is 2.86. The second kappa shape index (κ2) is 12.4. The lowest BCUT2D eigenvalue weighted by molar-refractivity contribution is -0.146. The van der Waals surface area contributed by atoms with Crippen molar-refractivity contribution in [3.05, 3.63) is 102 Å². The Morgan fingerprint density at radius 3 is 1.97 bits per heavy atom. The van der Waals surface area contributed by atoms with Gasteiger partial charge in [0.1, 0.15) is 11.9 Å². The number of aryl methyl sites for hydroxylation is 1. The van der Waals surface area contributed by atoms with E-state index in [4.69, 9.17) is 14.9 Å². The first kappa shape index (κ1) is 23.1. The first-order chi connectivity index (χ1) is 14.5. The number of hydrogen-bond acceptors (Lipinski definition) is 4. The molecule has 158 valence electrons. The maximum atomic E-state index is 10.2. The number of benzene rings is 3. The predicted molar refractivity (Wildman–Crippen MR) is 119 cm³/mol. The van der Waals surface area contributed by atoms with Gasteiger partial charge in [-0.1, -0.05) is 78.9 Å². The molecule has 0 saturated heterocycles. The number of aliphatic carboxylic acids is 1. The number of carboxylic acid groups (broad SMARTS) is 1. The lowest BCUT2D eigenvalue weighted by atomic mass is 10.1. The lowest BCUT2D eigenvalue weighted by Gasteiger charge is -2.20. The van der Waals surface area contributed by atoms with Crippen LogP contribution in [-0.4, -0.2) is 29.8 Å². The largest absolute Gasteiger partial charge is 0.485 e. The van der Waals surface area contributed by atoms with E-state index in [1.807, 2.05) is 31.3 Å². The first-order valence-corrected chi connectivity index (χ1v) is 9.90. The molecule has 3 aromatic rings. The summed E-state index contributed by atoms with van der Waals surface area (Å²) in [5, 5.41) is 20.6. The van der Waals surface area contributed by atoms with E-state index in [2.05, 4.69) is 42.6 Å². The number of hydrogen-bond donors (Lipinski definition) is 3. The maximum absolute atomic E-state index is 10.2. The molecule has 0 radical (unpaired) electrons. The summed E-state index contributed by atoms with van der Waals surface area (Å²) in [5.74, 6) is -0.261. The smallest absolute Gasteiger partial charge is 0.337 e. The molecular formula is C25H29NO4. The van der Waals surface area contributed by atoms with Gasteiger partial charge in [0, 0.05) is 6.42 Å². The van der Waals surface area contributed by atoms with Crippen LogP contribution in [0.2, 0.25) is 0 Å². The van der Waals surface area contributed by atoms with Crippen LogP contribution in [-0.2, 0) is 4.79 Å². The summed E-state index contributed by atoms with van der Waals surface area (Å²) in [4.78, 5) is 10.2. The van der Waals surface area contributed by atoms with Gasteiger partial charge in [0.2, 0.25) is 0 Å². The Bertz CT molecular complexity index is 884. The van der Waals surface area contributed by atoms with E-state index in [0.29, 0.717) is 5.56 Å². The zero-order chi connectivity index (χ0) is 21.8. The molecule has 0 fully saturated rings. The molecular weight excluding hydrogens is 378 g/mol. The number of ether oxygens (including phenoxy) is 1. The molecule has 1 unspecified atom stereocenters. The molecule has 0 aliphatic heterocycles. The van der Waals surface area contributed by atoms with Crippen LogP contribution in [0.4, 0.5) is 0 Å². The van der Waals surface area contributed by atoms with Crippen LogP contribution in [0.5, 0.6) is 5.75 Å². The van der Waals surface area contributed by atoms with Crippen molar-refractivity contribution in [3.8, 4) is 5.75 Å². The summed E-state index contributed by atoms with van der Waals surface area (Å²) in [7, 11) is 1.97. The topological polar surface area (TPSA) is 78.8 Å². The molecule has 0 spiro atoms. The Kier molecular flexibility index (Phi) is 9.58. The summed E-state index contributed by atoms with van der Waals surface area (Å²) >= 11 is 0. The summed E-state index contributed by atoms with van der Waals surface area (Å²) in [6.07, 6.45) is -0.361. The van der Waals surface area contributed by atoms with Crippen LogP contribution in [0.1, 0.15) is 35.3 Å². The second-order valence-electron chi connectivity index (χ2n) is 6.83. The van der Waals surface area contributed by atoms with Crippen molar-refractivity contribution in [2.24, 2.45) is 0 Å². The minimum atomic E-state index is -1.41. The van der Waals surface area contributed by atoms with Gasteiger partial charge in [-0.2, -0.15) is 0 Å². The molecule has 30 heavy (non-hydrogen) atoms. The minimum Gasteiger partial charge on any atom is -0.485 e. The van der Waals surface area contributed by atoms with Crippen LogP contribution >= 0.6 is 0 Å². The van der Waals surface area contributed by atoms with Gasteiger partial charge in [-0.05, 0) is 43.3 Å². The summed E-state index contributed by atoms with van der Waals surface area (Å²) in [5.41, 5.74) is 2.80. The molecule has 5 nitrogen and oxygen atoms in total. The number of rotatable bonds is 8. The predicted octanol–water partition coefficient (Wildman–Crippen LogP) is 4.53. The fraction of sp³-hybridized carbons (Fsp3) is 0.240. The van der Waals surface area contributed by atoms with Gasteiger partial charge in [0.15, 0.2) is 6.10 Å². The van der Waals surface area contributed by atoms with Crippen LogP contribution in [0.25, 0.3) is 0 Å². The number of nitrogens with one attached hydrogen (secondary N) is 1. The Morgan fingerprint density at radius 1 is 0.900 bits per heavy atom. The summed E-state index contributed by atoms with van der Waals surface area (Å²) in [6, 6.07) is 26.8. The standard InChI is InChI=1S/C17H21NO.C8H8O3/c1-14-8-6-7-11-16(14)19-17(12-13-18-2)15-9-4-3-5-10-15;9-7(8(10)11)6-4-2-1-3-5-6/h3-11,17-18H,12-13H2,1-2H3;1-5,7,9H,(H,10,11)/t17-;/m1./s1. The van der Waals surface area contributed by atoms with Crippen molar-refractivity contribution in [2.45, 2.75) is 25.6 Å². The summed E-state index contributed by atoms with van der Waals surface area (Å²) < 4.78 is 6.19. The van der Waals surface area contributed by atoms with Crippen molar-refractivity contribution in [1.29, 1.82) is 0 Å². The van der Waals surface area contributed by atoms with E-state index in [9.17, 15) is 4.79 Å². The maximum Gasteiger partial charge on any atom is 0.337 e. The van der Waals surface area contributed by atoms with Crippen molar-refractivity contribution in [1.82, 2.24) is 5.32 Å². The van der Waals surface area contributed by atoms with Crippen LogP contribution < -0.4 is 10.1 Å². The van der Waals surface area contributed by atoms with Crippen molar-refractivity contribution < 1.29 is 19.7 Å². The van der Waals surface area contributed by atoms with E-state index >= 15 is 0 Å². The summed E-state index contributed by atoms with van der Waals surface area (Å²) in [6.45, 7) is 3.01. The van der Waals surface area contributed by atoms with E-state index < -0.39 is 12.1 Å². The highest BCUT2D eigenvalue weighted by atomic mass is 16.5. The van der Waals surface area contributed by atoms with Gasteiger partial charge in [0.25, 0.3) is 0 Å². The number of aliphatic hydroxyl groups excluding tert-OH is 1. The van der Waals surface area contributed by atoms with Crippen LogP contribution in [0.15, 0.2) is 84.9 Å². The van der Waals surface area contributed by atoms with Gasteiger partial charge in [-0.25, -0.2) is 4.79 Å². The zero-order valence-electron chi connectivity index (χ0n) is 17.4. The molecule has 0 aliphatic carbocycles. The van der Waals surface area contributed by atoms with Crippen molar-refractivity contribution >= 4 is 5.97 Å². The van der Waals surface area contributed by atoms with E-state index in [-0.39, 0.29) is 6.10 Å².